The van der Waals surface area contributed by atoms with Crippen LogP contribution in [0.15, 0.2) is 0 Å². The summed E-state index contributed by atoms with van der Waals surface area (Å²) in [5.41, 5.74) is 0. The number of piperidine rings is 3. The van der Waals surface area contributed by atoms with Gasteiger partial charge in [-0.15, -0.1) is 0 Å². The van der Waals surface area contributed by atoms with Crippen molar-refractivity contribution in [3.63, 3.8) is 0 Å². The van der Waals surface area contributed by atoms with Gasteiger partial charge in [-0.1, -0.05) is 134 Å². The average molecular weight is 644 g/mol. The first kappa shape index (κ1) is 40.3. The van der Waals surface area contributed by atoms with Gasteiger partial charge in [-0.05, 0) is 104 Å². The van der Waals surface area contributed by atoms with Crippen molar-refractivity contribution in [3.05, 3.63) is 0 Å². The van der Waals surface area contributed by atoms with E-state index < -0.39 is 0 Å². The average Bonchev–Trinajstić information content (AvgIpc) is 3.01. The molecule has 3 saturated heterocycles. The van der Waals surface area contributed by atoms with E-state index in [1.165, 1.54) is 96.3 Å². The van der Waals surface area contributed by atoms with Crippen LogP contribution in [-0.2, 0) is 0 Å². The van der Waals surface area contributed by atoms with Crippen molar-refractivity contribution < 1.29 is 0 Å². The second-order valence-electron chi connectivity index (χ2n) is 19.1. The van der Waals surface area contributed by atoms with Gasteiger partial charge in [0, 0.05) is 36.3 Å². The van der Waals surface area contributed by atoms with Crippen LogP contribution in [0.2, 0.25) is 0 Å². The van der Waals surface area contributed by atoms with Crippen LogP contribution in [0.5, 0.6) is 0 Å². The molecule has 3 heterocycles. The van der Waals surface area contributed by atoms with E-state index in [1.54, 1.807) is 0 Å². The molecule has 6 atom stereocenters. The first-order valence-corrected chi connectivity index (χ1v) is 21.0. The summed E-state index contributed by atoms with van der Waals surface area (Å²) in [6.45, 7) is 29.3. The Balaban J connectivity index is 1.51. The van der Waals surface area contributed by atoms with Gasteiger partial charge < -0.3 is 16.0 Å². The zero-order valence-corrected chi connectivity index (χ0v) is 33.3. The highest BCUT2D eigenvalue weighted by Gasteiger charge is 2.41. The molecule has 0 amide bonds. The largest absolute Gasteiger partial charge is 0.311 e. The zero-order chi connectivity index (χ0) is 34.0. The van der Waals surface area contributed by atoms with Crippen molar-refractivity contribution in [2.75, 3.05) is 0 Å². The molecule has 3 N–H and O–H groups in total. The van der Waals surface area contributed by atoms with E-state index >= 15 is 0 Å². The van der Waals surface area contributed by atoms with Gasteiger partial charge in [-0.2, -0.15) is 0 Å². The molecule has 46 heavy (non-hydrogen) atoms. The second kappa shape index (κ2) is 19.9. The van der Waals surface area contributed by atoms with Crippen LogP contribution in [0, 0.1) is 59.2 Å². The topological polar surface area (TPSA) is 36.1 Å². The fourth-order valence-corrected chi connectivity index (χ4v) is 9.82. The fourth-order valence-electron chi connectivity index (χ4n) is 9.82. The van der Waals surface area contributed by atoms with Gasteiger partial charge in [0.25, 0.3) is 0 Å². The van der Waals surface area contributed by atoms with Gasteiger partial charge in [0.2, 0.25) is 0 Å². The molecule has 272 valence electrons. The lowest BCUT2D eigenvalue weighted by atomic mass is 9.64. The van der Waals surface area contributed by atoms with Gasteiger partial charge >= 0.3 is 0 Å². The van der Waals surface area contributed by atoms with E-state index in [2.05, 4.69) is 99.0 Å². The van der Waals surface area contributed by atoms with Crippen molar-refractivity contribution in [2.24, 2.45) is 59.2 Å². The molecule has 3 rings (SSSR count). The minimum absolute atomic E-state index is 0.689. The van der Waals surface area contributed by atoms with Crippen LogP contribution >= 0.6 is 0 Å². The molecule has 0 saturated carbocycles. The van der Waals surface area contributed by atoms with E-state index in [1.807, 2.05) is 0 Å². The normalized spacial score (nSPS) is 33.7. The summed E-state index contributed by atoms with van der Waals surface area (Å²) in [5.74, 6) is 8.07. The number of hydrogen-bond acceptors (Lipinski definition) is 3. The molecule has 0 aliphatic carbocycles. The molecule has 6 unspecified atom stereocenters. The highest BCUT2D eigenvalue weighted by Crippen LogP contribution is 2.44. The van der Waals surface area contributed by atoms with Crippen molar-refractivity contribution in [3.8, 4) is 0 Å². The molecular weight excluding hydrogens is 558 g/mol. The van der Waals surface area contributed by atoms with Crippen LogP contribution in [0.25, 0.3) is 0 Å². The zero-order valence-electron chi connectivity index (χ0n) is 33.3. The smallest absolute Gasteiger partial charge is 0.00955 e. The summed E-state index contributed by atoms with van der Waals surface area (Å²) in [5, 5.41) is 12.2. The summed E-state index contributed by atoms with van der Waals surface area (Å²) in [4.78, 5) is 0. The van der Waals surface area contributed by atoms with Crippen LogP contribution in [-0.4, -0.2) is 36.3 Å². The SMILES string of the molecule is CC(C)C1CC(CCCCCCCCCC(C2CC(C(C)C)NC(C(C)C)C2)C2CC(C(C)C)NC(C(C)C)C2)CC(C(C)C)N1. The lowest BCUT2D eigenvalue weighted by molar-refractivity contribution is 0.0556. The highest BCUT2D eigenvalue weighted by atomic mass is 15.0. The van der Waals surface area contributed by atoms with Crippen molar-refractivity contribution in [1.29, 1.82) is 0 Å². The molecule has 0 bridgehead atoms. The quantitative estimate of drug-likeness (QED) is 0.130. The first-order valence-electron chi connectivity index (χ1n) is 21.0. The predicted molar refractivity (Wildman–Crippen MR) is 204 cm³/mol. The van der Waals surface area contributed by atoms with Gasteiger partial charge in [-0.25, -0.2) is 0 Å². The molecule has 0 aromatic rings. The van der Waals surface area contributed by atoms with Crippen LogP contribution < -0.4 is 16.0 Å². The third kappa shape index (κ3) is 12.6. The predicted octanol–water partition coefficient (Wildman–Crippen LogP) is 11.3. The summed E-state index contributed by atoms with van der Waals surface area (Å²) in [6, 6.07) is 4.21. The Bertz CT molecular complexity index is 716. The Labute approximate surface area is 290 Å². The number of nitrogens with one attached hydrogen (secondary N) is 3. The molecular formula is C43H85N3. The first-order chi connectivity index (χ1) is 21.8. The molecule has 3 aliphatic rings. The molecule has 0 aromatic carbocycles. The third-order valence-electron chi connectivity index (χ3n) is 13.4. The van der Waals surface area contributed by atoms with Crippen molar-refractivity contribution in [2.45, 2.75) is 216 Å². The summed E-state index contributed by atoms with van der Waals surface area (Å²) < 4.78 is 0. The monoisotopic (exact) mass is 644 g/mol. The molecule has 3 heteroatoms. The van der Waals surface area contributed by atoms with E-state index in [0.29, 0.717) is 24.2 Å². The van der Waals surface area contributed by atoms with Crippen molar-refractivity contribution >= 4 is 0 Å². The van der Waals surface area contributed by atoms with Gasteiger partial charge in [-0.3, -0.25) is 0 Å². The molecule has 0 aromatic heterocycles. The fraction of sp³-hybridized carbons (Fsp3) is 1.00. The molecule has 3 aliphatic heterocycles. The van der Waals surface area contributed by atoms with E-state index in [-0.39, 0.29) is 0 Å². The number of rotatable bonds is 18. The summed E-state index contributed by atoms with van der Waals surface area (Å²) >= 11 is 0. The van der Waals surface area contributed by atoms with E-state index in [9.17, 15) is 0 Å². The summed E-state index contributed by atoms with van der Waals surface area (Å²) in [6.07, 6.45) is 21.5. The minimum Gasteiger partial charge on any atom is -0.311 e. The standard InChI is InChI=1S/C43H85N3/c1-28(2)38-22-34(23-39(44-38)29(3)4)20-18-16-14-13-15-17-19-21-37(35-24-40(30(5)6)45-41(25-35)31(7)8)36-26-42(32(9)10)46-43(27-36)33(11)12/h28-46H,13-27H2,1-12H3. The molecule has 3 nitrogen and oxygen atoms in total. The minimum atomic E-state index is 0.689. The highest BCUT2D eigenvalue weighted by molar-refractivity contribution is 4.97. The van der Waals surface area contributed by atoms with Gasteiger partial charge in [0.1, 0.15) is 0 Å². The Morgan fingerprint density at radius 2 is 0.652 bits per heavy atom. The van der Waals surface area contributed by atoms with Gasteiger partial charge in [0.15, 0.2) is 0 Å². The Morgan fingerprint density at radius 1 is 0.370 bits per heavy atom. The Morgan fingerprint density at radius 3 is 0.978 bits per heavy atom. The van der Waals surface area contributed by atoms with Crippen LogP contribution in [0.4, 0.5) is 0 Å². The lowest BCUT2D eigenvalue weighted by Gasteiger charge is -2.49. The second-order valence-corrected chi connectivity index (χ2v) is 19.1. The molecule has 0 radical (unpaired) electrons. The Kier molecular flexibility index (Phi) is 17.4. The number of hydrogen-bond donors (Lipinski definition) is 3. The summed E-state index contributed by atoms with van der Waals surface area (Å²) in [7, 11) is 0. The Hall–Kier alpha value is -0.120. The molecule has 0 spiro atoms. The maximum Gasteiger partial charge on any atom is 0.00955 e. The maximum atomic E-state index is 4.11. The van der Waals surface area contributed by atoms with Crippen LogP contribution in [0.1, 0.15) is 179 Å². The van der Waals surface area contributed by atoms with Crippen LogP contribution in [0.3, 0.4) is 0 Å². The lowest BCUT2D eigenvalue weighted by Crippen LogP contribution is -2.54. The van der Waals surface area contributed by atoms with E-state index in [0.717, 1.165) is 71.3 Å². The maximum absolute atomic E-state index is 4.11. The van der Waals surface area contributed by atoms with Crippen molar-refractivity contribution in [1.82, 2.24) is 16.0 Å². The molecule has 3 fully saturated rings. The third-order valence-corrected chi connectivity index (χ3v) is 13.4. The van der Waals surface area contributed by atoms with Gasteiger partial charge in [0.05, 0.1) is 0 Å². The van der Waals surface area contributed by atoms with E-state index in [4.69, 9.17) is 0 Å². The number of unbranched alkanes of at least 4 members (excludes halogenated alkanes) is 6.